The molecule has 7 nitrogen and oxygen atoms in total. The van der Waals surface area contributed by atoms with Crippen molar-refractivity contribution in [1.82, 2.24) is 0 Å². The standard InChI is InChI=1S/C17H28N2O5Si/c1-9-11(24-25(7,8)16(2,3)4)12(19-18)14(20)23-13-15(21)22-10-17(13,5)6/h9,13H,10H2,1-8H3/b11-9-/t13-/m0/s1. The maximum absolute atomic E-state index is 12.5. The van der Waals surface area contributed by atoms with Crippen molar-refractivity contribution in [3.05, 3.63) is 17.4 Å². The number of nitrogens with zero attached hydrogens (tertiary/aromatic N) is 2. The Hall–Kier alpha value is -1.92. The van der Waals surface area contributed by atoms with E-state index in [0.717, 1.165) is 0 Å². The fraction of sp³-hybridized carbons (Fsp3) is 0.706. The number of esters is 2. The quantitative estimate of drug-likeness (QED) is 0.185. The van der Waals surface area contributed by atoms with Crippen molar-refractivity contribution in [1.29, 1.82) is 0 Å². The average Bonchev–Trinajstić information content (AvgIpc) is 2.72. The first-order valence-electron chi connectivity index (χ1n) is 8.22. The summed E-state index contributed by atoms with van der Waals surface area (Å²) in [6.07, 6.45) is 0.497. The first-order valence-corrected chi connectivity index (χ1v) is 11.1. The molecule has 8 heteroatoms. The smallest absolute Gasteiger partial charge is 0.438 e. The molecule has 0 radical (unpaired) electrons. The minimum absolute atomic E-state index is 0.108. The Morgan fingerprint density at radius 3 is 2.32 bits per heavy atom. The van der Waals surface area contributed by atoms with Gasteiger partial charge in [-0.1, -0.05) is 34.6 Å². The van der Waals surface area contributed by atoms with Crippen LogP contribution in [-0.4, -0.2) is 43.5 Å². The maximum atomic E-state index is 12.5. The van der Waals surface area contributed by atoms with Gasteiger partial charge in [0.15, 0.2) is 5.76 Å². The molecule has 25 heavy (non-hydrogen) atoms. The van der Waals surface area contributed by atoms with Gasteiger partial charge < -0.3 is 19.4 Å². The summed E-state index contributed by atoms with van der Waals surface area (Å²) >= 11 is 0. The summed E-state index contributed by atoms with van der Waals surface area (Å²) in [5, 5.41) is -0.108. The van der Waals surface area contributed by atoms with Gasteiger partial charge in [0.05, 0.1) is 0 Å². The van der Waals surface area contributed by atoms with E-state index in [4.69, 9.17) is 13.9 Å². The third-order valence-corrected chi connectivity index (χ3v) is 9.04. The van der Waals surface area contributed by atoms with Gasteiger partial charge in [0.1, 0.15) is 6.61 Å². The van der Waals surface area contributed by atoms with Gasteiger partial charge in [-0.25, -0.2) is 9.59 Å². The van der Waals surface area contributed by atoms with E-state index < -0.39 is 31.8 Å². The molecule has 0 aromatic carbocycles. The lowest BCUT2D eigenvalue weighted by atomic mass is 9.90. The SMILES string of the molecule is C/C=C(\O[Si](C)(C)C(C)(C)C)C(=[N+]=[N-])C(=O)O[C@H]1C(=O)OCC1(C)C. The number of carbonyl (C=O) groups is 2. The Bertz CT molecular complexity index is 640. The van der Waals surface area contributed by atoms with Crippen LogP contribution < -0.4 is 0 Å². The van der Waals surface area contributed by atoms with Crippen LogP contribution in [0.15, 0.2) is 11.8 Å². The molecule has 0 aliphatic carbocycles. The van der Waals surface area contributed by atoms with Gasteiger partial charge in [-0.3, -0.25) is 0 Å². The van der Waals surface area contributed by atoms with Crippen LogP contribution in [-0.2, 0) is 23.5 Å². The Labute approximate surface area is 150 Å². The third kappa shape index (κ3) is 4.58. The molecule has 1 aliphatic heterocycles. The van der Waals surface area contributed by atoms with Crippen molar-refractivity contribution in [2.45, 2.75) is 65.8 Å². The van der Waals surface area contributed by atoms with Crippen molar-refractivity contribution >= 4 is 26.0 Å². The normalized spacial score (nSPS) is 20.6. The van der Waals surface area contributed by atoms with Gasteiger partial charge in [-0.05, 0) is 31.1 Å². The van der Waals surface area contributed by atoms with Gasteiger partial charge >= 0.3 is 17.7 Å². The zero-order chi connectivity index (χ0) is 19.6. The van der Waals surface area contributed by atoms with E-state index in [0.29, 0.717) is 0 Å². The Morgan fingerprint density at radius 2 is 1.96 bits per heavy atom. The zero-order valence-corrected chi connectivity index (χ0v) is 17.3. The van der Waals surface area contributed by atoms with E-state index in [2.05, 4.69) is 25.6 Å². The van der Waals surface area contributed by atoms with E-state index in [9.17, 15) is 15.1 Å². The van der Waals surface area contributed by atoms with Crippen molar-refractivity contribution < 1.29 is 28.3 Å². The lowest BCUT2D eigenvalue weighted by molar-refractivity contribution is -0.160. The summed E-state index contributed by atoms with van der Waals surface area (Å²) in [4.78, 5) is 27.3. The molecule has 0 bridgehead atoms. The van der Waals surface area contributed by atoms with Crippen molar-refractivity contribution in [3.63, 3.8) is 0 Å². The molecule has 0 amide bonds. The highest BCUT2D eigenvalue weighted by atomic mass is 28.4. The van der Waals surface area contributed by atoms with Crippen LogP contribution in [0.3, 0.4) is 0 Å². The number of carbonyl (C=O) groups excluding carboxylic acids is 2. The van der Waals surface area contributed by atoms with Gasteiger partial charge in [-0.15, -0.1) is 0 Å². The first kappa shape index (κ1) is 21.1. The Balaban J connectivity index is 3.02. The Morgan fingerprint density at radius 1 is 1.40 bits per heavy atom. The summed E-state index contributed by atoms with van der Waals surface area (Å²) in [7, 11) is -2.26. The molecule has 1 rings (SSSR count). The summed E-state index contributed by atoms with van der Waals surface area (Å²) in [6, 6.07) is 0. The minimum Gasteiger partial charge on any atom is -0.538 e. The molecule has 0 aromatic heterocycles. The lowest BCUT2D eigenvalue weighted by Crippen LogP contribution is -2.43. The molecule has 0 N–H and O–H groups in total. The zero-order valence-electron chi connectivity index (χ0n) is 16.3. The lowest BCUT2D eigenvalue weighted by Gasteiger charge is -2.36. The van der Waals surface area contributed by atoms with Gasteiger partial charge in [-0.2, -0.15) is 4.79 Å². The van der Waals surface area contributed by atoms with Gasteiger partial charge in [0, 0.05) is 5.41 Å². The maximum Gasteiger partial charge on any atom is 0.438 e. The number of rotatable bonds is 5. The number of hydrogen-bond acceptors (Lipinski definition) is 5. The minimum atomic E-state index is -2.26. The van der Waals surface area contributed by atoms with Gasteiger partial charge in [0.25, 0.3) is 8.32 Å². The first-order chi connectivity index (χ1) is 11.3. The average molecular weight is 369 g/mol. The van der Waals surface area contributed by atoms with Gasteiger partial charge in [0.2, 0.25) is 6.10 Å². The molecule has 140 valence electrons. The summed E-state index contributed by atoms with van der Waals surface area (Å²) in [6.45, 7) is 15.5. The molecule has 0 saturated carbocycles. The van der Waals surface area contributed by atoms with Crippen LogP contribution >= 0.6 is 0 Å². The fourth-order valence-corrected chi connectivity index (χ4v) is 3.03. The van der Waals surface area contributed by atoms with Crippen LogP contribution in [0.25, 0.3) is 5.53 Å². The van der Waals surface area contributed by atoms with Crippen LogP contribution in [0, 0.1) is 5.41 Å². The highest BCUT2D eigenvalue weighted by Gasteiger charge is 2.49. The van der Waals surface area contributed by atoms with Crippen LogP contribution in [0.2, 0.25) is 18.1 Å². The summed E-state index contributed by atoms with van der Waals surface area (Å²) in [5.41, 5.74) is 8.33. The molecule has 1 aliphatic rings. The molecule has 1 saturated heterocycles. The van der Waals surface area contributed by atoms with E-state index in [-0.39, 0.29) is 23.1 Å². The number of hydrogen-bond donors (Lipinski definition) is 0. The molecule has 0 spiro atoms. The molecular formula is C17H28N2O5Si. The molecule has 1 heterocycles. The molecule has 1 atom stereocenters. The Kier molecular flexibility index (Phi) is 6.03. The molecule has 0 aromatic rings. The fourth-order valence-electron chi connectivity index (χ4n) is 1.96. The second-order valence-corrected chi connectivity index (χ2v) is 13.1. The third-order valence-electron chi connectivity index (χ3n) is 4.70. The molecule has 0 unspecified atom stereocenters. The monoisotopic (exact) mass is 368 g/mol. The van der Waals surface area contributed by atoms with E-state index in [1.807, 2.05) is 13.1 Å². The van der Waals surface area contributed by atoms with Crippen LogP contribution in [0.5, 0.6) is 0 Å². The number of ether oxygens (including phenoxy) is 2. The second kappa shape index (κ2) is 7.13. The second-order valence-electron chi connectivity index (χ2n) is 8.35. The van der Waals surface area contributed by atoms with Crippen LogP contribution in [0.4, 0.5) is 0 Å². The highest BCUT2D eigenvalue weighted by Crippen LogP contribution is 2.38. The molecule has 1 fully saturated rings. The number of cyclic esters (lactones) is 1. The van der Waals surface area contributed by atoms with E-state index in [1.165, 1.54) is 0 Å². The topological polar surface area (TPSA) is 98.2 Å². The largest absolute Gasteiger partial charge is 0.538 e. The van der Waals surface area contributed by atoms with E-state index >= 15 is 0 Å². The summed E-state index contributed by atoms with van der Waals surface area (Å²) < 4.78 is 16.3. The van der Waals surface area contributed by atoms with Crippen molar-refractivity contribution in [2.75, 3.05) is 6.61 Å². The van der Waals surface area contributed by atoms with Crippen molar-refractivity contribution in [3.8, 4) is 0 Å². The van der Waals surface area contributed by atoms with Crippen molar-refractivity contribution in [2.24, 2.45) is 5.41 Å². The summed E-state index contributed by atoms with van der Waals surface area (Å²) in [5.74, 6) is -1.39. The number of allylic oxidation sites excluding steroid dienone is 1. The molecular weight excluding hydrogens is 340 g/mol. The van der Waals surface area contributed by atoms with E-state index in [1.54, 1.807) is 26.8 Å². The predicted octanol–water partition coefficient (Wildman–Crippen LogP) is 3.08. The highest BCUT2D eigenvalue weighted by molar-refractivity contribution is 6.74. The van der Waals surface area contributed by atoms with Crippen LogP contribution in [0.1, 0.15) is 41.5 Å². The predicted molar refractivity (Wildman–Crippen MR) is 95.3 cm³/mol.